The van der Waals surface area contributed by atoms with Crippen LogP contribution in [0.5, 0.6) is 0 Å². The molecule has 0 rings (SSSR count). The van der Waals surface area contributed by atoms with Crippen molar-refractivity contribution in [2.24, 2.45) is 0 Å². The van der Waals surface area contributed by atoms with E-state index in [-0.39, 0.29) is 25.7 Å². The summed E-state index contributed by atoms with van der Waals surface area (Å²) in [5, 5.41) is 10.7. The maximum absolute atomic E-state index is 13.1. The van der Waals surface area contributed by atoms with E-state index in [4.69, 9.17) is 37.0 Å². The van der Waals surface area contributed by atoms with Gasteiger partial charge in [0.1, 0.15) is 19.3 Å². The molecular weight excluding hydrogens is 1450 g/mol. The third-order valence-corrected chi connectivity index (χ3v) is 18.9. The second kappa shape index (κ2) is 82.9. The second-order valence-corrected chi connectivity index (χ2v) is 30.6. The zero-order chi connectivity index (χ0) is 81.7. The number of carbonyl (C=O) groups is 4. The van der Waals surface area contributed by atoms with Gasteiger partial charge in [0.2, 0.25) is 0 Å². The summed E-state index contributed by atoms with van der Waals surface area (Å²) >= 11 is 0. The van der Waals surface area contributed by atoms with Gasteiger partial charge in [-0.3, -0.25) is 37.3 Å². The molecule has 0 saturated carbocycles. The molecule has 3 N–H and O–H groups in total. The zero-order valence-electron chi connectivity index (χ0n) is 69.5. The highest BCUT2D eigenvalue weighted by Crippen LogP contribution is 2.45. The molecule has 0 heterocycles. The van der Waals surface area contributed by atoms with Crippen molar-refractivity contribution in [3.8, 4) is 0 Å². The molecule has 0 aromatic rings. The molecule has 0 spiro atoms. The van der Waals surface area contributed by atoms with E-state index in [0.717, 1.165) is 167 Å². The minimum absolute atomic E-state index is 0.0446. The van der Waals surface area contributed by atoms with Crippen molar-refractivity contribution in [2.45, 2.75) is 329 Å². The minimum atomic E-state index is -5.02. The molecule has 634 valence electrons. The molecule has 0 fully saturated rings. The normalized spacial score (nSPS) is 14.7. The number of aliphatic hydroxyl groups excluding tert-OH is 1. The van der Waals surface area contributed by atoms with Crippen LogP contribution in [0.3, 0.4) is 0 Å². The van der Waals surface area contributed by atoms with Crippen molar-refractivity contribution < 1.29 is 80.2 Å². The van der Waals surface area contributed by atoms with Crippen LogP contribution in [-0.2, 0) is 65.4 Å². The van der Waals surface area contributed by atoms with Crippen molar-refractivity contribution in [2.75, 3.05) is 39.6 Å². The Hall–Kier alpha value is -6.10. The number of allylic oxidation sites excluding steroid dienone is 32. The van der Waals surface area contributed by atoms with Gasteiger partial charge in [0.15, 0.2) is 12.2 Å². The van der Waals surface area contributed by atoms with Crippen LogP contribution in [0.4, 0.5) is 0 Å². The summed E-state index contributed by atoms with van der Waals surface area (Å²) in [6.07, 6.45) is 103. The number of hydrogen-bond donors (Lipinski definition) is 3. The smallest absolute Gasteiger partial charge is 0.462 e. The summed E-state index contributed by atoms with van der Waals surface area (Å²) in [4.78, 5) is 73.2. The van der Waals surface area contributed by atoms with Crippen LogP contribution in [0.1, 0.15) is 310 Å². The summed E-state index contributed by atoms with van der Waals surface area (Å²) in [7, 11) is -10.0. The maximum atomic E-state index is 13.1. The molecule has 0 aromatic carbocycles. The monoisotopic (exact) mass is 1600 g/mol. The number of aliphatic hydroxyl groups is 1. The van der Waals surface area contributed by atoms with Crippen LogP contribution in [0.25, 0.3) is 0 Å². The zero-order valence-corrected chi connectivity index (χ0v) is 71.3. The first-order chi connectivity index (χ1) is 54.7. The molecule has 0 aliphatic rings. The molecule has 112 heavy (non-hydrogen) atoms. The van der Waals surface area contributed by atoms with Crippen LogP contribution in [0.2, 0.25) is 0 Å². The number of ether oxygens (including phenoxy) is 4. The molecular formula is C93H150O17P2. The van der Waals surface area contributed by atoms with Crippen LogP contribution < -0.4 is 0 Å². The quantitative estimate of drug-likeness (QED) is 0.0169. The molecule has 5 atom stereocenters. The predicted octanol–water partition coefficient (Wildman–Crippen LogP) is 25.7. The highest BCUT2D eigenvalue weighted by molar-refractivity contribution is 7.47. The standard InChI is InChI=1S/C93H150O17P2/c1-5-9-13-17-21-25-29-33-37-40-43-46-50-53-57-61-65-69-73-77-90(95)103-83-88(109-92(97)79-75-71-67-63-59-55-49-36-32-28-24-20-16-12-8-4)85-107-111(99,100)105-81-87(94)82-106-112(101,102)108-86-89(110-93(98)80-76-72-68-64-60-56-52-48-45-42-39-35-31-27-23-19-15-11-7-3)84-104-91(96)78-74-70-66-62-58-54-51-47-44-41-38-34-30-26-22-18-14-10-6-2/h9-10,13-14,21-23,25-27,33-39,43-49,53-54,56-58,60,68,72,87-89,94H,5-8,11-12,15-20,24,28-32,40-42,50-52,55,59,61-67,69-71,73-86H2,1-4H3,(H,99,100)(H,101,102)/b13-9-,14-10-,25-21-,26-22-,27-23-,37-33-,38-34-,39-35-,46-43-,47-44-,48-45-,49-36-,57-53-,58-54-,60-56-,72-68-/t87-,88+,89+/m0/s1. The summed E-state index contributed by atoms with van der Waals surface area (Å²) in [6, 6.07) is 0. The van der Waals surface area contributed by atoms with Crippen molar-refractivity contribution in [3.05, 3.63) is 194 Å². The summed E-state index contributed by atoms with van der Waals surface area (Å²) in [5.74, 6) is -2.37. The Morgan fingerprint density at radius 3 is 0.804 bits per heavy atom. The van der Waals surface area contributed by atoms with Crippen molar-refractivity contribution >= 4 is 39.5 Å². The number of hydrogen-bond acceptors (Lipinski definition) is 15. The van der Waals surface area contributed by atoms with Crippen LogP contribution in [-0.4, -0.2) is 96.7 Å². The van der Waals surface area contributed by atoms with Crippen molar-refractivity contribution in [1.82, 2.24) is 0 Å². The fraction of sp³-hybridized carbons (Fsp3) is 0.613. The number of carbonyl (C=O) groups excluding carboxylic acids is 4. The third-order valence-electron chi connectivity index (χ3n) is 17.0. The van der Waals surface area contributed by atoms with Gasteiger partial charge in [-0.05, 0) is 180 Å². The molecule has 0 radical (unpaired) electrons. The molecule has 0 aliphatic heterocycles. The Balaban J connectivity index is 5.54. The third kappa shape index (κ3) is 81.9. The van der Waals surface area contributed by atoms with E-state index in [1.807, 2.05) is 18.2 Å². The molecule has 17 nitrogen and oxygen atoms in total. The maximum Gasteiger partial charge on any atom is 0.472 e. The van der Waals surface area contributed by atoms with Crippen LogP contribution in [0.15, 0.2) is 194 Å². The van der Waals surface area contributed by atoms with Gasteiger partial charge >= 0.3 is 39.5 Å². The fourth-order valence-corrected chi connectivity index (χ4v) is 12.2. The van der Waals surface area contributed by atoms with Crippen molar-refractivity contribution in [1.29, 1.82) is 0 Å². The van der Waals surface area contributed by atoms with Gasteiger partial charge in [-0.15, -0.1) is 0 Å². The van der Waals surface area contributed by atoms with Gasteiger partial charge in [-0.2, -0.15) is 0 Å². The SMILES string of the molecule is CC/C=C\C/C=C\C/C=C\C/C=C\C/C=C\CCCCCC(=O)OC[C@H](COP(=O)(O)OC[C@@H](O)COP(=O)(O)OC[C@@H](COC(=O)CCCCC/C=C\C/C=C\C/C=C\C/C=C\C/C=C\CC)OC(=O)CCCCCCC/C=C\CCCCCCCC)OC(=O)CC/C=C\C/C=C\C/C=C\C/C=C\C/C=C\CCCCC. The van der Waals surface area contributed by atoms with Crippen LogP contribution in [0, 0.1) is 0 Å². The van der Waals surface area contributed by atoms with Gasteiger partial charge < -0.3 is 33.8 Å². The Kier molecular flexibility index (Phi) is 78.4. The van der Waals surface area contributed by atoms with E-state index in [1.54, 1.807) is 0 Å². The number of esters is 4. The largest absolute Gasteiger partial charge is 0.472 e. The van der Waals surface area contributed by atoms with E-state index >= 15 is 0 Å². The summed E-state index contributed by atoms with van der Waals surface area (Å²) in [6.45, 7) is 4.44. The summed E-state index contributed by atoms with van der Waals surface area (Å²) in [5.41, 5.74) is 0. The van der Waals surface area contributed by atoms with Gasteiger partial charge in [-0.1, -0.05) is 299 Å². The molecule has 19 heteroatoms. The van der Waals surface area contributed by atoms with Gasteiger partial charge in [0.25, 0.3) is 0 Å². The van der Waals surface area contributed by atoms with Gasteiger partial charge in [0, 0.05) is 25.7 Å². The highest BCUT2D eigenvalue weighted by atomic mass is 31.2. The fourth-order valence-electron chi connectivity index (χ4n) is 10.6. The highest BCUT2D eigenvalue weighted by Gasteiger charge is 2.30. The minimum Gasteiger partial charge on any atom is -0.462 e. The molecule has 0 aromatic heterocycles. The Morgan fingerprint density at radius 2 is 0.482 bits per heavy atom. The average Bonchev–Trinajstić information content (AvgIpc) is 0.898. The number of phosphoric ester groups is 2. The first kappa shape index (κ1) is 106. The number of unbranched alkanes of at least 4 members (excludes halogenated alkanes) is 20. The first-order valence-corrected chi connectivity index (χ1v) is 45.7. The average molecular weight is 1600 g/mol. The van der Waals surface area contributed by atoms with E-state index in [1.165, 1.54) is 57.8 Å². The topological polar surface area (TPSA) is 237 Å². The lowest BCUT2D eigenvalue weighted by Gasteiger charge is -2.21. The van der Waals surface area contributed by atoms with E-state index < -0.39 is 97.5 Å². The first-order valence-electron chi connectivity index (χ1n) is 42.7. The Labute approximate surface area is 678 Å². The van der Waals surface area contributed by atoms with E-state index in [2.05, 4.69) is 204 Å². The lowest BCUT2D eigenvalue weighted by molar-refractivity contribution is -0.161. The molecule has 0 amide bonds. The number of rotatable bonds is 78. The Bertz CT molecular complexity index is 2890. The predicted molar refractivity (Wildman–Crippen MR) is 463 cm³/mol. The Morgan fingerprint density at radius 1 is 0.259 bits per heavy atom. The van der Waals surface area contributed by atoms with Gasteiger partial charge in [-0.25, -0.2) is 9.13 Å². The molecule has 0 aliphatic carbocycles. The number of phosphoric acid groups is 2. The van der Waals surface area contributed by atoms with Crippen LogP contribution >= 0.6 is 15.6 Å². The summed E-state index contributed by atoms with van der Waals surface area (Å²) < 4.78 is 68.7. The lowest BCUT2D eigenvalue weighted by Crippen LogP contribution is -2.30. The molecule has 2 unspecified atom stereocenters. The molecule has 0 saturated heterocycles. The van der Waals surface area contributed by atoms with E-state index in [9.17, 15) is 43.2 Å². The van der Waals surface area contributed by atoms with Crippen molar-refractivity contribution in [3.63, 3.8) is 0 Å². The van der Waals surface area contributed by atoms with Gasteiger partial charge in [0.05, 0.1) is 26.4 Å². The van der Waals surface area contributed by atoms with E-state index in [0.29, 0.717) is 32.1 Å². The lowest BCUT2D eigenvalue weighted by atomic mass is 10.1. The second-order valence-electron chi connectivity index (χ2n) is 27.6. The molecule has 0 bridgehead atoms.